The highest BCUT2D eigenvalue weighted by Crippen LogP contribution is 2.38. The molecule has 2 aromatic carbocycles. The van der Waals surface area contributed by atoms with Crippen molar-refractivity contribution in [3.05, 3.63) is 76.2 Å². The number of rotatable bonds is 3. The number of hydrogen-bond acceptors (Lipinski definition) is 2. The molecule has 1 aliphatic rings. The number of hydrogen-bond donors (Lipinski definition) is 0. The molecule has 1 aliphatic heterocycles. The molecule has 2 aromatic rings. The molecule has 23 heavy (non-hydrogen) atoms. The minimum Gasteiger partial charge on any atom is -0.331 e. The van der Waals surface area contributed by atoms with E-state index in [1.54, 1.807) is 11.8 Å². The van der Waals surface area contributed by atoms with Crippen LogP contribution in [0.25, 0.3) is 5.57 Å². The zero-order valence-corrected chi connectivity index (χ0v) is 14.6. The average Bonchev–Trinajstić information content (AvgIpc) is 2.70. The molecule has 0 N–H and O–H groups in total. The molecule has 3 rings (SSSR count). The highest BCUT2D eigenvalue weighted by atomic mass is 32.2. The van der Waals surface area contributed by atoms with E-state index < -0.39 is 0 Å². The highest BCUT2D eigenvalue weighted by Gasteiger charge is 2.29. The van der Waals surface area contributed by atoms with Gasteiger partial charge in [-0.15, -0.1) is 11.8 Å². The Balaban J connectivity index is 2.30. The van der Waals surface area contributed by atoms with Gasteiger partial charge in [0.05, 0.1) is 4.91 Å². The van der Waals surface area contributed by atoms with Crippen LogP contribution < -0.4 is 0 Å². The molecule has 0 aromatic heterocycles. The molecule has 0 fully saturated rings. The smallest absolute Gasteiger partial charge is 0.261 e. The first-order chi connectivity index (χ1) is 11.1. The molecule has 0 bridgehead atoms. The Morgan fingerprint density at radius 2 is 1.65 bits per heavy atom. The van der Waals surface area contributed by atoms with E-state index in [0.29, 0.717) is 6.54 Å². The molecule has 2 nitrogen and oxygen atoms in total. The number of benzene rings is 2. The van der Waals surface area contributed by atoms with Crippen LogP contribution in [0.2, 0.25) is 0 Å². The predicted molar refractivity (Wildman–Crippen MR) is 98.1 cm³/mol. The number of fused-ring (bicyclic) bond motifs is 1. The topological polar surface area (TPSA) is 20.3 Å². The van der Waals surface area contributed by atoms with E-state index in [2.05, 4.69) is 50.2 Å². The van der Waals surface area contributed by atoms with Gasteiger partial charge in [-0.25, -0.2) is 0 Å². The molecular formula is C20H21NOS. The van der Waals surface area contributed by atoms with Gasteiger partial charge in [0.15, 0.2) is 0 Å². The van der Waals surface area contributed by atoms with Crippen LogP contribution in [-0.4, -0.2) is 23.1 Å². The molecule has 1 amide bonds. The van der Waals surface area contributed by atoms with Crippen LogP contribution >= 0.6 is 11.8 Å². The van der Waals surface area contributed by atoms with Gasteiger partial charge in [-0.1, -0.05) is 54.6 Å². The molecule has 0 saturated heterocycles. The van der Waals surface area contributed by atoms with Crippen molar-refractivity contribution in [3.63, 3.8) is 0 Å². The lowest BCUT2D eigenvalue weighted by Crippen LogP contribution is -2.36. The maximum Gasteiger partial charge on any atom is 0.261 e. The van der Waals surface area contributed by atoms with Crippen LogP contribution in [0.5, 0.6) is 0 Å². The van der Waals surface area contributed by atoms with Crippen molar-refractivity contribution >= 4 is 23.2 Å². The van der Waals surface area contributed by atoms with Crippen LogP contribution in [0.4, 0.5) is 0 Å². The molecular weight excluding hydrogens is 302 g/mol. The minimum atomic E-state index is 0.127. The summed E-state index contributed by atoms with van der Waals surface area (Å²) in [6.07, 6.45) is 1.99. The van der Waals surface area contributed by atoms with Crippen LogP contribution in [0.1, 0.15) is 30.5 Å². The fraction of sp³-hybridized carbons (Fsp3) is 0.250. The Morgan fingerprint density at radius 3 is 2.30 bits per heavy atom. The van der Waals surface area contributed by atoms with Gasteiger partial charge in [-0.2, -0.15) is 0 Å². The summed E-state index contributed by atoms with van der Waals surface area (Å²) >= 11 is 1.54. The SMILES string of the molecule is CSC1=C(c2ccccc2)c2ccccc2CN(C(C)C)C1=O. The van der Waals surface area contributed by atoms with Gasteiger partial charge in [0.25, 0.3) is 5.91 Å². The fourth-order valence-electron chi connectivity index (χ4n) is 3.01. The van der Waals surface area contributed by atoms with Crippen molar-refractivity contribution in [1.82, 2.24) is 4.90 Å². The first-order valence-electron chi connectivity index (χ1n) is 7.86. The van der Waals surface area contributed by atoms with E-state index in [1.165, 1.54) is 11.1 Å². The zero-order chi connectivity index (χ0) is 16.4. The number of carbonyl (C=O) groups excluding carboxylic acids is 1. The second-order valence-electron chi connectivity index (χ2n) is 5.96. The Bertz CT molecular complexity index is 749. The second kappa shape index (κ2) is 6.63. The number of carbonyl (C=O) groups is 1. The number of nitrogens with zero attached hydrogens (tertiary/aromatic N) is 1. The zero-order valence-electron chi connectivity index (χ0n) is 13.7. The van der Waals surface area contributed by atoms with Crippen molar-refractivity contribution < 1.29 is 4.79 Å². The fourth-order valence-corrected chi connectivity index (χ4v) is 3.74. The van der Waals surface area contributed by atoms with Gasteiger partial charge in [0.1, 0.15) is 0 Å². The molecule has 1 heterocycles. The standard InChI is InChI=1S/C20H21NOS/c1-14(2)21-13-16-11-7-8-12-17(16)18(19(23-3)20(21)22)15-9-5-4-6-10-15/h4-12,14H,13H2,1-3H3. The Kier molecular flexibility index (Phi) is 4.58. The van der Waals surface area contributed by atoms with Crippen molar-refractivity contribution in [3.8, 4) is 0 Å². The first-order valence-corrected chi connectivity index (χ1v) is 9.09. The van der Waals surface area contributed by atoms with E-state index in [9.17, 15) is 4.79 Å². The minimum absolute atomic E-state index is 0.127. The van der Waals surface area contributed by atoms with Gasteiger partial charge in [-0.3, -0.25) is 4.79 Å². The lowest BCUT2D eigenvalue weighted by Gasteiger charge is -2.26. The van der Waals surface area contributed by atoms with E-state index in [4.69, 9.17) is 0 Å². The molecule has 0 atom stereocenters. The van der Waals surface area contributed by atoms with Gasteiger partial charge in [0.2, 0.25) is 0 Å². The summed E-state index contributed by atoms with van der Waals surface area (Å²) in [5, 5.41) is 0. The lowest BCUT2D eigenvalue weighted by molar-refractivity contribution is -0.128. The van der Waals surface area contributed by atoms with Crippen LogP contribution in [-0.2, 0) is 11.3 Å². The molecule has 0 unspecified atom stereocenters. The van der Waals surface area contributed by atoms with Gasteiger partial charge >= 0.3 is 0 Å². The Morgan fingerprint density at radius 1 is 1.00 bits per heavy atom. The van der Waals surface area contributed by atoms with Gasteiger partial charge in [-0.05, 0) is 36.8 Å². The lowest BCUT2D eigenvalue weighted by atomic mass is 9.94. The third kappa shape index (κ3) is 2.93. The van der Waals surface area contributed by atoms with Crippen molar-refractivity contribution in [1.29, 1.82) is 0 Å². The van der Waals surface area contributed by atoms with Crippen molar-refractivity contribution in [2.24, 2.45) is 0 Å². The maximum absolute atomic E-state index is 13.1. The monoisotopic (exact) mass is 323 g/mol. The van der Waals surface area contributed by atoms with E-state index in [0.717, 1.165) is 16.0 Å². The third-order valence-electron chi connectivity index (χ3n) is 4.20. The summed E-state index contributed by atoms with van der Waals surface area (Å²) in [6.45, 7) is 4.81. The van der Waals surface area contributed by atoms with Crippen LogP contribution in [0.3, 0.4) is 0 Å². The third-order valence-corrected chi connectivity index (χ3v) is 4.99. The van der Waals surface area contributed by atoms with E-state index >= 15 is 0 Å². The Hall–Kier alpha value is -2.00. The molecule has 0 radical (unpaired) electrons. The molecule has 3 heteroatoms. The van der Waals surface area contributed by atoms with Crippen LogP contribution in [0.15, 0.2) is 59.5 Å². The molecule has 0 saturated carbocycles. The highest BCUT2D eigenvalue weighted by molar-refractivity contribution is 8.03. The first kappa shape index (κ1) is 15.9. The van der Waals surface area contributed by atoms with Crippen LogP contribution in [0, 0.1) is 0 Å². The summed E-state index contributed by atoms with van der Waals surface area (Å²) in [6, 6.07) is 18.8. The van der Waals surface area contributed by atoms with Gasteiger partial charge < -0.3 is 4.90 Å². The molecule has 0 aliphatic carbocycles. The molecule has 118 valence electrons. The van der Waals surface area contributed by atoms with Crippen molar-refractivity contribution in [2.45, 2.75) is 26.4 Å². The summed E-state index contributed by atoms with van der Waals surface area (Å²) in [7, 11) is 0. The summed E-state index contributed by atoms with van der Waals surface area (Å²) in [5.74, 6) is 0.127. The average molecular weight is 323 g/mol. The number of thioether (sulfide) groups is 1. The summed E-state index contributed by atoms with van der Waals surface area (Å²) in [5.41, 5.74) is 4.53. The largest absolute Gasteiger partial charge is 0.331 e. The quantitative estimate of drug-likeness (QED) is 0.825. The normalized spacial score (nSPS) is 15.0. The van der Waals surface area contributed by atoms with Crippen molar-refractivity contribution in [2.75, 3.05) is 6.26 Å². The Labute approximate surface area is 142 Å². The van der Waals surface area contributed by atoms with E-state index in [1.807, 2.05) is 29.4 Å². The summed E-state index contributed by atoms with van der Waals surface area (Å²) in [4.78, 5) is 15.9. The number of amides is 1. The predicted octanol–water partition coefficient (Wildman–Crippen LogP) is 4.56. The summed E-state index contributed by atoms with van der Waals surface area (Å²) < 4.78 is 0. The van der Waals surface area contributed by atoms with E-state index in [-0.39, 0.29) is 11.9 Å². The molecule has 0 spiro atoms. The maximum atomic E-state index is 13.1. The van der Waals surface area contributed by atoms with Gasteiger partial charge in [0, 0.05) is 18.2 Å². The second-order valence-corrected chi connectivity index (χ2v) is 6.77.